The normalized spacial score (nSPS) is 10.8. The third-order valence-corrected chi connectivity index (χ3v) is 2.90. The average Bonchev–Trinajstić information content (AvgIpc) is 2.88. The highest BCUT2D eigenvalue weighted by atomic mass is 16.5. The van der Waals surface area contributed by atoms with Crippen LogP contribution >= 0.6 is 0 Å². The number of ether oxygens (including phenoxy) is 1. The molecule has 0 aliphatic rings. The number of hydrogen-bond donors (Lipinski definition) is 0. The summed E-state index contributed by atoms with van der Waals surface area (Å²) in [6.45, 7) is 6.89. The second-order valence-electron chi connectivity index (χ2n) is 5.00. The number of aromatic nitrogens is 3. The number of aldehydes is 1. The molecule has 5 heteroatoms. The number of benzene rings is 1. The number of nitrogens with zero attached hydrogens (tertiary/aromatic N) is 3. The number of carbonyl (C=O) groups is 1. The first-order valence-electron chi connectivity index (χ1n) is 6.78. The molecular weight excluding hydrogens is 254 g/mol. The molecule has 1 aromatic heterocycles. The number of carbonyl (C=O) groups excluding carboxylic acids is 1. The number of hydrogen-bond acceptors (Lipinski definition) is 4. The van der Waals surface area contributed by atoms with Gasteiger partial charge < -0.3 is 4.74 Å². The van der Waals surface area contributed by atoms with Crippen LogP contribution in [0.25, 0.3) is 5.69 Å². The van der Waals surface area contributed by atoms with Gasteiger partial charge in [0.1, 0.15) is 11.4 Å². The molecule has 0 saturated carbocycles. The van der Waals surface area contributed by atoms with E-state index < -0.39 is 0 Å². The van der Waals surface area contributed by atoms with Gasteiger partial charge in [0.05, 0.1) is 18.0 Å². The van der Waals surface area contributed by atoms with E-state index in [2.05, 4.69) is 24.2 Å². The molecule has 0 amide bonds. The molecule has 0 saturated heterocycles. The van der Waals surface area contributed by atoms with Crippen molar-refractivity contribution in [2.75, 3.05) is 6.61 Å². The van der Waals surface area contributed by atoms with Gasteiger partial charge in [-0.3, -0.25) is 4.79 Å². The summed E-state index contributed by atoms with van der Waals surface area (Å²) in [5, 5.41) is 7.90. The van der Waals surface area contributed by atoms with Crippen molar-refractivity contribution < 1.29 is 9.53 Å². The first-order valence-corrected chi connectivity index (χ1v) is 6.78. The predicted octanol–water partition coefficient (Wildman–Crippen LogP) is 2.68. The highest BCUT2D eigenvalue weighted by Crippen LogP contribution is 2.18. The van der Waals surface area contributed by atoms with Gasteiger partial charge in [-0.2, -0.15) is 0 Å². The lowest BCUT2D eigenvalue weighted by molar-refractivity contribution is 0.111. The van der Waals surface area contributed by atoms with Crippen molar-refractivity contribution >= 4 is 6.29 Å². The van der Waals surface area contributed by atoms with E-state index in [0.29, 0.717) is 24.6 Å². The van der Waals surface area contributed by atoms with Gasteiger partial charge in [0.25, 0.3) is 0 Å². The van der Waals surface area contributed by atoms with Crippen LogP contribution < -0.4 is 4.74 Å². The smallest absolute Gasteiger partial charge is 0.172 e. The fourth-order valence-electron chi connectivity index (χ4n) is 1.89. The lowest BCUT2D eigenvalue weighted by atomic mass is 10.2. The minimum Gasteiger partial charge on any atom is -0.493 e. The summed E-state index contributed by atoms with van der Waals surface area (Å²) in [7, 11) is 0. The second kappa shape index (κ2) is 6.32. The van der Waals surface area contributed by atoms with Gasteiger partial charge in [-0.25, -0.2) is 4.68 Å². The lowest BCUT2D eigenvalue weighted by Gasteiger charge is -2.10. The first-order chi connectivity index (χ1) is 9.65. The van der Waals surface area contributed by atoms with E-state index in [9.17, 15) is 4.79 Å². The highest BCUT2D eigenvalue weighted by molar-refractivity contribution is 5.73. The maximum atomic E-state index is 10.9. The van der Waals surface area contributed by atoms with E-state index in [4.69, 9.17) is 4.74 Å². The standard InChI is InChI=1S/C15H19N3O2/c1-4-15-14(9-19)16-17-18(15)12-5-7-13(8-6-12)20-10-11(2)3/h5-9,11H,4,10H2,1-3H3. The zero-order chi connectivity index (χ0) is 14.5. The SMILES string of the molecule is CCc1c(C=O)nnn1-c1ccc(OCC(C)C)cc1. The van der Waals surface area contributed by atoms with Gasteiger partial charge in [-0.05, 0) is 36.6 Å². The summed E-state index contributed by atoms with van der Waals surface area (Å²) in [6, 6.07) is 7.63. The maximum Gasteiger partial charge on any atom is 0.172 e. The van der Waals surface area contributed by atoms with Crippen LogP contribution in [-0.4, -0.2) is 27.9 Å². The Bertz CT molecular complexity index is 573. The van der Waals surface area contributed by atoms with E-state index in [1.165, 1.54) is 0 Å². The molecule has 0 spiro atoms. The predicted molar refractivity (Wildman–Crippen MR) is 76.5 cm³/mol. The minimum absolute atomic E-state index is 0.396. The Kier molecular flexibility index (Phi) is 4.50. The van der Waals surface area contributed by atoms with Crippen molar-refractivity contribution in [1.82, 2.24) is 15.0 Å². The summed E-state index contributed by atoms with van der Waals surface area (Å²) >= 11 is 0. The van der Waals surface area contributed by atoms with E-state index in [1.54, 1.807) is 4.68 Å². The van der Waals surface area contributed by atoms with Crippen molar-refractivity contribution in [1.29, 1.82) is 0 Å². The minimum atomic E-state index is 0.396. The summed E-state index contributed by atoms with van der Waals surface area (Å²) < 4.78 is 7.33. The van der Waals surface area contributed by atoms with Crippen LogP contribution in [0.2, 0.25) is 0 Å². The third kappa shape index (κ3) is 3.04. The zero-order valence-electron chi connectivity index (χ0n) is 12.0. The largest absolute Gasteiger partial charge is 0.493 e. The Morgan fingerprint density at radius 1 is 1.30 bits per heavy atom. The second-order valence-corrected chi connectivity index (χ2v) is 5.00. The molecule has 1 aromatic carbocycles. The van der Waals surface area contributed by atoms with E-state index >= 15 is 0 Å². The molecule has 2 rings (SSSR count). The molecule has 1 heterocycles. The average molecular weight is 273 g/mol. The Morgan fingerprint density at radius 2 is 2.00 bits per heavy atom. The Hall–Kier alpha value is -2.17. The molecule has 0 aliphatic carbocycles. The molecule has 0 unspecified atom stereocenters. The van der Waals surface area contributed by atoms with Gasteiger partial charge >= 0.3 is 0 Å². The molecular formula is C15H19N3O2. The van der Waals surface area contributed by atoms with E-state index in [1.807, 2.05) is 31.2 Å². The summed E-state index contributed by atoms with van der Waals surface area (Å²) in [6.07, 6.45) is 1.44. The molecule has 0 fully saturated rings. The van der Waals surface area contributed by atoms with Crippen molar-refractivity contribution in [2.45, 2.75) is 27.2 Å². The molecule has 0 radical (unpaired) electrons. The first kappa shape index (κ1) is 14.2. The van der Waals surface area contributed by atoms with Crippen molar-refractivity contribution in [3.63, 3.8) is 0 Å². The fraction of sp³-hybridized carbons (Fsp3) is 0.400. The third-order valence-electron chi connectivity index (χ3n) is 2.90. The Morgan fingerprint density at radius 3 is 2.55 bits per heavy atom. The van der Waals surface area contributed by atoms with Crippen LogP contribution in [0.1, 0.15) is 37.0 Å². The Balaban J connectivity index is 2.21. The van der Waals surface area contributed by atoms with Crippen LogP contribution in [-0.2, 0) is 6.42 Å². The van der Waals surface area contributed by atoms with Crippen LogP contribution in [0.3, 0.4) is 0 Å². The van der Waals surface area contributed by atoms with Crippen molar-refractivity contribution in [3.8, 4) is 11.4 Å². The highest BCUT2D eigenvalue weighted by Gasteiger charge is 2.11. The summed E-state index contributed by atoms with van der Waals surface area (Å²) in [5.41, 5.74) is 2.09. The van der Waals surface area contributed by atoms with Gasteiger partial charge in [0.2, 0.25) is 0 Å². The van der Waals surface area contributed by atoms with E-state index in [-0.39, 0.29) is 0 Å². The maximum absolute atomic E-state index is 10.9. The van der Waals surface area contributed by atoms with Crippen LogP contribution in [0, 0.1) is 5.92 Å². The topological polar surface area (TPSA) is 57.0 Å². The zero-order valence-corrected chi connectivity index (χ0v) is 12.0. The number of rotatable bonds is 6. The molecule has 106 valence electrons. The molecule has 2 aromatic rings. The van der Waals surface area contributed by atoms with Crippen LogP contribution in [0.5, 0.6) is 5.75 Å². The van der Waals surface area contributed by atoms with Gasteiger partial charge in [-0.15, -0.1) is 5.10 Å². The fourth-order valence-corrected chi connectivity index (χ4v) is 1.89. The molecule has 0 atom stereocenters. The van der Waals surface area contributed by atoms with E-state index in [0.717, 1.165) is 23.4 Å². The Labute approximate surface area is 118 Å². The molecule has 20 heavy (non-hydrogen) atoms. The molecule has 0 bridgehead atoms. The van der Waals surface area contributed by atoms with Gasteiger partial charge in [0, 0.05) is 0 Å². The van der Waals surface area contributed by atoms with Crippen LogP contribution in [0.15, 0.2) is 24.3 Å². The van der Waals surface area contributed by atoms with Gasteiger partial charge in [-0.1, -0.05) is 26.0 Å². The summed E-state index contributed by atoms with van der Waals surface area (Å²) in [4.78, 5) is 10.9. The van der Waals surface area contributed by atoms with Crippen molar-refractivity contribution in [3.05, 3.63) is 35.7 Å². The summed E-state index contributed by atoms with van der Waals surface area (Å²) in [5.74, 6) is 1.32. The molecule has 0 aliphatic heterocycles. The molecule has 0 N–H and O–H groups in total. The monoisotopic (exact) mass is 273 g/mol. The molecule has 5 nitrogen and oxygen atoms in total. The van der Waals surface area contributed by atoms with Gasteiger partial charge in [0.15, 0.2) is 6.29 Å². The quantitative estimate of drug-likeness (QED) is 0.759. The lowest BCUT2D eigenvalue weighted by Crippen LogP contribution is -2.05. The van der Waals surface area contributed by atoms with Crippen LogP contribution in [0.4, 0.5) is 0 Å². The van der Waals surface area contributed by atoms with Crippen molar-refractivity contribution in [2.24, 2.45) is 5.92 Å².